The largest absolute Gasteiger partial charge is 0.355 e. The number of hydrogen-bond donors (Lipinski definition) is 2. The molecule has 0 aliphatic heterocycles. The SMILES string of the molecule is O=C(CCn1c(=O)c2ccccc2n(CC(=O)NCCC2=CCCCC2)c1=O)NCCSCc1ccccc1. The van der Waals surface area contributed by atoms with E-state index in [1.807, 2.05) is 18.2 Å². The smallest absolute Gasteiger partial charge is 0.331 e. The second kappa shape index (κ2) is 14.5. The van der Waals surface area contributed by atoms with Crippen LogP contribution in [0.2, 0.25) is 0 Å². The van der Waals surface area contributed by atoms with Crippen molar-refractivity contribution in [1.29, 1.82) is 0 Å². The molecular weight excluding hydrogens is 512 g/mol. The van der Waals surface area contributed by atoms with Crippen LogP contribution in [0.15, 0.2) is 75.8 Å². The van der Waals surface area contributed by atoms with Gasteiger partial charge in [-0.15, -0.1) is 0 Å². The van der Waals surface area contributed by atoms with E-state index in [2.05, 4.69) is 28.8 Å². The molecule has 1 heterocycles. The predicted molar refractivity (Wildman–Crippen MR) is 157 cm³/mol. The maximum atomic E-state index is 13.3. The molecule has 2 aromatic carbocycles. The Kier molecular flexibility index (Phi) is 10.6. The van der Waals surface area contributed by atoms with Crippen LogP contribution in [0.1, 0.15) is 44.1 Å². The first-order valence-corrected chi connectivity index (χ1v) is 14.7. The quantitative estimate of drug-likeness (QED) is 0.251. The molecule has 2 amide bonds. The molecule has 0 fully saturated rings. The summed E-state index contributed by atoms with van der Waals surface area (Å²) in [6.45, 7) is 0.774. The van der Waals surface area contributed by atoms with Crippen LogP contribution >= 0.6 is 11.8 Å². The van der Waals surface area contributed by atoms with E-state index in [9.17, 15) is 19.2 Å². The molecular formula is C30H36N4O4S. The minimum Gasteiger partial charge on any atom is -0.355 e. The van der Waals surface area contributed by atoms with Crippen LogP contribution in [-0.4, -0.2) is 39.8 Å². The van der Waals surface area contributed by atoms with Gasteiger partial charge in [-0.25, -0.2) is 4.79 Å². The number of carbonyl (C=O) groups is 2. The number of amides is 2. The van der Waals surface area contributed by atoms with Crippen molar-refractivity contribution in [1.82, 2.24) is 19.8 Å². The number of allylic oxidation sites excluding steroid dienone is 1. The average Bonchev–Trinajstić information content (AvgIpc) is 2.96. The fourth-order valence-electron chi connectivity index (χ4n) is 4.74. The van der Waals surface area contributed by atoms with Crippen molar-refractivity contribution in [3.63, 3.8) is 0 Å². The molecule has 0 saturated carbocycles. The molecule has 0 bridgehead atoms. The van der Waals surface area contributed by atoms with Crippen LogP contribution in [0.4, 0.5) is 0 Å². The highest BCUT2D eigenvalue weighted by Gasteiger charge is 2.16. The highest BCUT2D eigenvalue weighted by atomic mass is 32.2. The first kappa shape index (κ1) is 28.4. The van der Waals surface area contributed by atoms with Crippen molar-refractivity contribution in [3.05, 3.63) is 92.6 Å². The number of nitrogens with one attached hydrogen (secondary N) is 2. The standard InChI is InChI=1S/C30H36N4O4S/c35-27(32-18-20-39-22-24-11-5-2-6-12-24)16-19-33-29(37)25-13-7-8-14-26(25)34(30(33)38)21-28(36)31-17-15-23-9-3-1-4-10-23/h2,5-9,11-14H,1,3-4,10,15-22H2,(H,31,36)(H,32,35). The number of hydrogen-bond acceptors (Lipinski definition) is 5. The van der Waals surface area contributed by atoms with E-state index in [0.717, 1.165) is 35.3 Å². The summed E-state index contributed by atoms with van der Waals surface area (Å²) >= 11 is 1.73. The summed E-state index contributed by atoms with van der Waals surface area (Å²) < 4.78 is 2.39. The molecule has 0 atom stereocenters. The molecule has 9 heteroatoms. The van der Waals surface area contributed by atoms with E-state index in [4.69, 9.17) is 0 Å². The number of nitrogens with zero attached hydrogens (tertiary/aromatic N) is 2. The lowest BCUT2D eigenvalue weighted by molar-refractivity contribution is -0.122. The van der Waals surface area contributed by atoms with Crippen LogP contribution in [-0.2, 0) is 28.4 Å². The molecule has 1 aliphatic rings. The molecule has 8 nitrogen and oxygen atoms in total. The molecule has 4 rings (SSSR count). The second-order valence-corrected chi connectivity index (χ2v) is 10.8. The minimum atomic E-state index is -0.588. The Hall–Kier alpha value is -3.59. The summed E-state index contributed by atoms with van der Waals surface area (Å²) in [5.74, 6) is 1.12. The molecule has 3 aromatic rings. The predicted octanol–water partition coefficient (Wildman–Crippen LogP) is 3.61. The van der Waals surface area contributed by atoms with Gasteiger partial charge in [0.05, 0.1) is 10.9 Å². The highest BCUT2D eigenvalue weighted by Crippen LogP contribution is 2.19. The minimum absolute atomic E-state index is 0.00184. The van der Waals surface area contributed by atoms with Gasteiger partial charge in [0, 0.05) is 37.6 Å². The molecule has 0 spiro atoms. The molecule has 0 saturated heterocycles. The molecule has 2 N–H and O–H groups in total. The van der Waals surface area contributed by atoms with Gasteiger partial charge in [-0.05, 0) is 49.8 Å². The summed E-state index contributed by atoms with van der Waals surface area (Å²) in [6, 6.07) is 16.9. The van der Waals surface area contributed by atoms with Gasteiger partial charge in [-0.3, -0.25) is 23.5 Å². The van der Waals surface area contributed by atoms with Crippen molar-refractivity contribution in [2.75, 3.05) is 18.8 Å². The zero-order valence-electron chi connectivity index (χ0n) is 22.2. The Morgan fingerprint density at radius 1 is 0.872 bits per heavy atom. The van der Waals surface area contributed by atoms with Crippen LogP contribution in [0.3, 0.4) is 0 Å². The van der Waals surface area contributed by atoms with Crippen molar-refractivity contribution in [2.45, 2.75) is 57.4 Å². The fraction of sp³-hybridized carbons (Fsp3) is 0.400. The number of carbonyl (C=O) groups excluding carboxylic acids is 2. The topological polar surface area (TPSA) is 102 Å². The lowest BCUT2D eigenvalue weighted by Crippen LogP contribution is -2.43. The first-order valence-electron chi connectivity index (χ1n) is 13.6. The summed E-state index contributed by atoms with van der Waals surface area (Å²) in [5.41, 5.74) is 1.97. The number of benzene rings is 2. The summed E-state index contributed by atoms with van der Waals surface area (Å²) in [5, 5.41) is 6.11. The molecule has 206 valence electrons. The van der Waals surface area contributed by atoms with Crippen molar-refractivity contribution in [2.24, 2.45) is 0 Å². The third-order valence-corrected chi connectivity index (χ3v) is 7.86. The molecule has 1 aliphatic carbocycles. The average molecular weight is 549 g/mol. The second-order valence-electron chi connectivity index (χ2n) is 9.69. The number of aromatic nitrogens is 2. The Bertz CT molecular complexity index is 1430. The zero-order valence-corrected chi connectivity index (χ0v) is 23.0. The van der Waals surface area contributed by atoms with Crippen molar-refractivity contribution in [3.8, 4) is 0 Å². The van der Waals surface area contributed by atoms with Crippen molar-refractivity contribution >= 4 is 34.5 Å². The first-order chi connectivity index (χ1) is 19.0. The van der Waals surface area contributed by atoms with Crippen molar-refractivity contribution < 1.29 is 9.59 Å². The highest BCUT2D eigenvalue weighted by molar-refractivity contribution is 7.98. The number of rotatable bonds is 13. The maximum Gasteiger partial charge on any atom is 0.331 e. The van der Waals surface area contributed by atoms with Gasteiger partial charge in [0.15, 0.2) is 0 Å². The maximum absolute atomic E-state index is 13.3. The number of thioether (sulfide) groups is 1. The van der Waals surface area contributed by atoms with E-state index in [-0.39, 0.29) is 31.3 Å². The fourth-order valence-corrected chi connectivity index (χ4v) is 5.56. The van der Waals surface area contributed by atoms with Gasteiger partial charge in [0.2, 0.25) is 11.8 Å². The van der Waals surface area contributed by atoms with E-state index in [1.54, 1.807) is 36.0 Å². The summed E-state index contributed by atoms with van der Waals surface area (Å²) in [6.07, 6.45) is 7.63. The summed E-state index contributed by atoms with van der Waals surface area (Å²) in [4.78, 5) is 51.6. The van der Waals surface area contributed by atoms with Gasteiger partial charge in [-0.1, -0.05) is 54.1 Å². The Balaban J connectivity index is 1.34. The van der Waals surface area contributed by atoms with E-state index < -0.39 is 11.2 Å². The van der Waals surface area contributed by atoms with Gasteiger partial charge in [0.1, 0.15) is 6.54 Å². The number of fused-ring (bicyclic) bond motifs is 1. The normalized spacial score (nSPS) is 13.2. The third-order valence-electron chi connectivity index (χ3n) is 6.83. The Morgan fingerprint density at radius 3 is 2.44 bits per heavy atom. The lowest BCUT2D eigenvalue weighted by Gasteiger charge is -2.15. The van der Waals surface area contributed by atoms with Gasteiger partial charge in [-0.2, -0.15) is 11.8 Å². The zero-order chi connectivity index (χ0) is 27.5. The van der Waals surface area contributed by atoms with Crippen LogP contribution < -0.4 is 21.9 Å². The number of para-hydroxylation sites is 1. The third kappa shape index (κ3) is 8.20. The van der Waals surface area contributed by atoms with Crippen LogP contribution in [0, 0.1) is 0 Å². The molecule has 0 radical (unpaired) electrons. The van der Waals surface area contributed by atoms with E-state index >= 15 is 0 Å². The Labute approximate surface area is 232 Å². The van der Waals surface area contributed by atoms with E-state index in [0.29, 0.717) is 24.0 Å². The van der Waals surface area contributed by atoms with E-state index in [1.165, 1.54) is 28.5 Å². The molecule has 1 aromatic heterocycles. The van der Waals surface area contributed by atoms with Gasteiger partial charge < -0.3 is 10.6 Å². The molecule has 39 heavy (non-hydrogen) atoms. The monoisotopic (exact) mass is 548 g/mol. The summed E-state index contributed by atoms with van der Waals surface area (Å²) in [7, 11) is 0. The van der Waals surface area contributed by atoms with Crippen LogP contribution in [0.5, 0.6) is 0 Å². The molecule has 0 unspecified atom stereocenters. The van der Waals surface area contributed by atoms with Gasteiger partial charge >= 0.3 is 5.69 Å². The Morgan fingerprint density at radius 2 is 1.64 bits per heavy atom. The van der Waals surface area contributed by atoms with Crippen LogP contribution in [0.25, 0.3) is 10.9 Å². The lowest BCUT2D eigenvalue weighted by atomic mass is 9.97. The van der Waals surface area contributed by atoms with Gasteiger partial charge in [0.25, 0.3) is 5.56 Å².